The average Bonchev–Trinajstić information content (AvgIpc) is 1.42. The number of nitrogens with zero attached hydrogens (tertiary/aromatic N) is 3. The number of fused-ring (bicyclic) bond motifs is 6. The summed E-state index contributed by atoms with van der Waals surface area (Å²) in [5.74, 6) is 0. The summed E-state index contributed by atoms with van der Waals surface area (Å²) in [7, 11) is 0. The van der Waals surface area contributed by atoms with Crippen LogP contribution in [0, 0.1) is 0 Å². The second kappa shape index (κ2) is 19.1. The van der Waals surface area contributed by atoms with Gasteiger partial charge < -0.3 is 14.7 Å². The zero-order valence-corrected chi connectivity index (χ0v) is 50.4. The van der Waals surface area contributed by atoms with Crippen LogP contribution in [0.1, 0.15) is 123 Å². The quantitative estimate of drug-likeness (QED) is 0.140. The van der Waals surface area contributed by atoms with Crippen LogP contribution in [-0.2, 0) is 27.1 Å². The van der Waals surface area contributed by atoms with E-state index < -0.39 is 0 Å². The standard InChI is InChI=1S/C79H76BN3/c1-75(2,3)57-37-40-69(62(46-57)56-35-38-63-64(44-56)79(10,11)51-78(63,8)9)83-71-50-66-65(76(4,5)41-42-77(66,6)7)49-68(71)80-67-39-36-55(53-27-18-13-19-28-53)45-70(67)82(60-34-24-29-54(43-60)52-25-16-12-17-26-52)72-47-61(48-73(83)74(72)80)81(58-30-20-14-21-31-58)59-32-22-15-23-33-59/h12-40,43-50H,41-42,51H2,1-11H3. The number of hydrogen-bond acceptors (Lipinski definition) is 3. The van der Waals surface area contributed by atoms with E-state index in [1.165, 1.54) is 106 Å². The Morgan fingerprint density at radius 3 is 1.49 bits per heavy atom. The smallest absolute Gasteiger partial charge is 0.252 e. The molecule has 0 N–H and O–H groups in total. The normalized spacial score (nSPS) is 16.5. The van der Waals surface area contributed by atoms with Gasteiger partial charge in [0, 0.05) is 45.4 Å². The van der Waals surface area contributed by atoms with Crippen LogP contribution in [0.5, 0.6) is 0 Å². The Bertz CT molecular complexity index is 4130. The summed E-state index contributed by atoms with van der Waals surface area (Å²) in [5, 5.41) is 0. The molecule has 83 heavy (non-hydrogen) atoms. The molecule has 2 aliphatic heterocycles. The van der Waals surface area contributed by atoms with Gasteiger partial charge in [-0.15, -0.1) is 0 Å². The average molecular weight is 1080 g/mol. The molecule has 0 unspecified atom stereocenters. The van der Waals surface area contributed by atoms with Crippen LogP contribution in [0.15, 0.2) is 224 Å². The predicted molar refractivity (Wildman–Crippen MR) is 356 cm³/mol. The summed E-state index contributed by atoms with van der Waals surface area (Å²) in [4.78, 5) is 7.82. The van der Waals surface area contributed by atoms with Gasteiger partial charge in [-0.3, -0.25) is 0 Å². The molecule has 0 aromatic heterocycles. The molecule has 0 saturated heterocycles. The van der Waals surface area contributed by atoms with Crippen LogP contribution in [-0.4, -0.2) is 6.71 Å². The third-order valence-electron chi connectivity index (χ3n) is 19.4. The Labute approximate surface area is 494 Å². The van der Waals surface area contributed by atoms with Crippen LogP contribution in [0.4, 0.5) is 51.2 Å². The van der Waals surface area contributed by atoms with E-state index in [4.69, 9.17) is 0 Å². The Morgan fingerprint density at radius 2 is 0.880 bits per heavy atom. The van der Waals surface area contributed by atoms with E-state index >= 15 is 0 Å². The molecule has 10 aromatic carbocycles. The van der Waals surface area contributed by atoms with E-state index in [-0.39, 0.29) is 33.8 Å². The maximum atomic E-state index is 2.73. The largest absolute Gasteiger partial charge is 0.311 e. The number of benzene rings is 10. The first-order valence-corrected chi connectivity index (χ1v) is 30.3. The first-order chi connectivity index (χ1) is 39.8. The lowest BCUT2D eigenvalue weighted by molar-refractivity contribution is 0.332. The third kappa shape index (κ3) is 8.77. The predicted octanol–water partition coefficient (Wildman–Crippen LogP) is 19.8. The van der Waals surface area contributed by atoms with E-state index in [1.807, 2.05) is 0 Å². The lowest BCUT2D eigenvalue weighted by Crippen LogP contribution is -2.62. The maximum absolute atomic E-state index is 2.73. The molecule has 0 bridgehead atoms. The summed E-state index contributed by atoms with van der Waals surface area (Å²) in [6, 6.07) is 85.7. The summed E-state index contributed by atoms with van der Waals surface area (Å²) in [6.45, 7) is 26.7. The monoisotopic (exact) mass is 1080 g/mol. The molecule has 0 radical (unpaired) electrons. The lowest BCUT2D eigenvalue weighted by atomic mass is 9.33. The van der Waals surface area contributed by atoms with Crippen LogP contribution < -0.4 is 31.1 Å². The molecule has 0 spiro atoms. The highest BCUT2D eigenvalue weighted by Crippen LogP contribution is 2.55. The van der Waals surface area contributed by atoms with Crippen molar-refractivity contribution in [1.29, 1.82) is 0 Å². The summed E-state index contributed by atoms with van der Waals surface area (Å²) >= 11 is 0. The first kappa shape index (κ1) is 52.7. The third-order valence-corrected chi connectivity index (χ3v) is 19.4. The van der Waals surface area contributed by atoms with Crippen LogP contribution in [0.25, 0.3) is 33.4 Å². The van der Waals surface area contributed by atoms with Crippen molar-refractivity contribution in [1.82, 2.24) is 0 Å². The molecule has 410 valence electrons. The fourth-order valence-corrected chi connectivity index (χ4v) is 15.2. The highest BCUT2D eigenvalue weighted by Gasteiger charge is 2.48. The van der Waals surface area contributed by atoms with Crippen molar-refractivity contribution < 1.29 is 0 Å². The fourth-order valence-electron chi connectivity index (χ4n) is 15.2. The molecule has 0 atom stereocenters. The van der Waals surface area contributed by atoms with Crippen LogP contribution in [0.2, 0.25) is 0 Å². The van der Waals surface area contributed by atoms with E-state index in [0.29, 0.717) is 0 Å². The highest BCUT2D eigenvalue weighted by atomic mass is 15.2. The van der Waals surface area contributed by atoms with Gasteiger partial charge in [-0.05, 0) is 191 Å². The minimum atomic E-state index is -0.0953. The topological polar surface area (TPSA) is 9.72 Å². The molecule has 14 rings (SSSR count). The van der Waals surface area contributed by atoms with Gasteiger partial charge in [-0.2, -0.15) is 0 Å². The van der Waals surface area contributed by atoms with E-state index in [1.54, 1.807) is 0 Å². The van der Waals surface area contributed by atoms with Crippen molar-refractivity contribution in [3.8, 4) is 33.4 Å². The second-order valence-electron chi connectivity index (χ2n) is 28.0. The fraction of sp³-hybridized carbons (Fsp3) is 0.241. The van der Waals surface area contributed by atoms with Gasteiger partial charge in [-0.1, -0.05) is 228 Å². The minimum absolute atomic E-state index is 0.0212. The molecule has 0 amide bonds. The van der Waals surface area contributed by atoms with Crippen molar-refractivity contribution in [2.75, 3.05) is 14.7 Å². The molecule has 4 heteroatoms. The van der Waals surface area contributed by atoms with Crippen LogP contribution in [0.3, 0.4) is 0 Å². The maximum Gasteiger partial charge on any atom is 0.252 e. The van der Waals surface area contributed by atoms with Gasteiger partial charge in [0.1, 0.15) is 0 Å². The molecule has 0 saturated carbocycles. The Morgan fingerprint density at radius 1 is 0.361 bits per heavy atom. The number of anilines is 9. The number of para-hydroxylation sites is 2. The molecule has 2 heterocycles. The first-order valence-electron chi connectivity index (χ1n) is 30.3. The van der Waals surface area contributed by atoms with Gasteiger partial charge in [0.05, 0.1) is 11.4 Å². The molecule has 4 aliphatic rings. The van der Waals surface area contributed by atoms with Gasteiger partial charge in [0.25, 0.3) is 6.71 Å². The summed E-state index contributed by atoms with van der Waals surface area (Å²) < 4.78 is 0. The summed E-state index contributed by atoms with van der Waals surface area (Å²) in [6.07, 6.45) is 3.37. The Balaban J connectivity index is 1.15. The van der Waals surface area contributed by atoms with Crippen molar-refractivity contribution in [3.05, 3.63) is 252 Å². The van der Waals surface area contributed by atoms with E-state index in [2.05, 4.69) is 315 Å². The van der Waals surface area contributed by atoms with Crippen LogP contribution >= 0.6 is 0 Å². The summed E-state index contributed by atoms with van der Waals surface area (Å²) in [5.41, 5.74) is 28.8. The number of hydrogen-bond donors (Lipinski definition) is 0. The zero-order valence-electron chi connectivity index (χ0n) is 50.4. The number of rotatable bonds is 8. The molecule has 10 aromatic rings. The lowest BCUT2D eigenvalue weighted by Gasteiger charge is -2.48. The molecular weight excluding hydrogens is 1000 g/mol. The van der Waals surface area contributed by atoms with E-state index in [0.717, 1.165) is 42.0 Å². The van der Waals surface area contributed by atoms with Crippen molar-refractivity contribution >= 4 is 74.3 Å². The van der Waals surface area contributed by atoms with Gasteiger partial charge in [0.15, 0.2) is 0 Å². The molecule has 2 aliphatic carbocycles. The molecule has 3 nitrogen and oxygen atoms in total. The SMILES string of the molecule is CC(C)(C)c1ccc(N2c3cc4c(cc3B3c5ccc(-c6ccccc6)cc5N(c5cccc(-c6ccccc6)c5)c5cc(N(c6ccccc6)c6ccccc6)cc2c53)C(C)(C)CCC4(C)C)c(-c2ccc3c(c2)C(C)(C)CC3(C)C)c1. The Hall–Kier alpha value is -8.34. The molecule has 0 fully saturated rings. The highest BCUT2D eigenvalue weighted by molar-refractivity contribution is 7.00. The van der Waals surface area contributed by atoms with Gasteiger partial charge in [-0.25, -0.2) is 0 Å². The minimum Gasteiger partial charge on any atom is -0.311 e. The van der Waals surface area contributed by atoms with E-state index in [9.17, 15) is 0 Å². The van der Waals surface area contributed by atoms with Crippen molar-refractivity contribution in [2.45, 2.75) is 122 Å². The second-order valence-corrected chi connectivity index (χ2v) is 28.0. The van der Waals surface area contributed by atoms with Gasteiger partial charge >= 0.3 is 0 Å². The van der Waals surface area contributed by atoms with Crippen molar-refractivity contribution in [2.24, 2.45) is 0 Å². The van der Waals surface area contributed by atoms with Crippen molar-refractivity contribution in [3.63, 3.8) is 0 Å². The Kier molecular flexibility index (Phi) is 12.1. The zero-order chi connectivity index (χ0) is 57.4. The molecular formula is C79H76BN3. The van der Waals surface area contributed by atoms with Gasteiger partial charge in [0.2, 0.25) is 0 Å².